The Morgan fingerprint density at radius 2 is 1.86 bits per heavy atom. The first-order valence-electron chi connectivity index (χ1n) is 16.7. The minimum absolute atomic E-state index is 0.147. The minimum atomic E-state index is -1.23. The van der Waals surface area contributed by atoms with E-state index in [1.165, 1.54) is 23.5 Å². The molecule has 2 fully saturated rings. The Labute approximate surface area is 287 Å². The molecule has 10 nitrogen and oxygen atoms in total. The first-order valence-corrected chi connectivity index (χ1v) is 17.6. The lowest BCUT2D eigenvalue weighted by atomic mass is 10.0. The molecule has 4 aromatic rings. The average Bonchev–Trinajstić information content (AvgIpc) is 3.41. The number of nitrogens with one attached hydrogen (secondary N) is 3. The van der Waals surface area contributed by atoms with Crippen LogP contribution < -0.4 is 25.7 Å². The fourth-order valence-electron chi connectivity index (χ4n) is 6.67. The number of allylic oxidation sites excluding steroid dienone is 1. The summed E-state index contributed by atoms with van der Waals surface area (Å²) in [5, 5.41) is 6.72. The number of aromatic nitrogens is 1. The molecule has 1 saturated heterocycles. The molecule has 0 radical (unpaired) electrons. The maximum atomic E-state index is 14.4. The van der Waals surface area contributed by atoms with Gasteiger partial charge in [0.2, 0.25) is 11.8 Å². The molecular formula is C37H38FN5O5S. The Balaban J connectivity index is 1.16. The van der Waals surface area contributed by atoms with Gasteiger partial charge in [-0.1, -0.05) is 72.7 Å². The van der Waals surface area contributed by atoms with Crippen molar-refractivity contribution in [2.45, 2.75) is 68.7 Å². The van der Waals surface area contributed by atoms with Gasteiger partial charge in [0.1, 0.15) is 29.5 Å². The predicted molar refractivity (Wildman–Crippen MR) is 184 cm³/mol. The zero-order valence-corrected chi connectivity index (χ0v) is 27.7. The van der Waals surface area contributed by atoms with Crippen LogP contribution in [0.3, 0.4) is 0 Å². The minimum Gasteiger partial charge on any atom is -0.465 e. The molecule has 2 aliphatic heterocycles. The second-order valence-corrected chi connectivity index (χ2v) is 13.8. The van der Waals surface area contributed by atoms with E-state index in [9.17, 15) is 18.8 Å². The van der Waals surface area contributed by atoms with E-state index in [-0.39, 0.29) is 24.8 Å². The van der Waals surface area contributed by atoms with E-state index in [4.69, 9.17) is 9.57 Å². The van der Waals surface area contributed by atoms with E-state index in [1.807, 2.05) is 36.4 Å². The lowest BCUT2D eigenvalue weighted by Crippen LogP contribution is -2.57. The normalized spacial score (nSPS) is 26.3. The van der Waals surface area contributed by atoms with E-state index >= 15 is 0 Å². The van der Waals surface area contributed by atoms with Crippen LogP contribution in [0.2, 0.25) is 0 Å². The molecule has 3 heterocycles. The molecule has 49 heavy (non-hydrogen) atoms. The van der Waals surface area contributed by atoms with E-state index in [0.717, 1.165) is 35.9 Å². The smallest absolute Gasteiger partial charge is 0.278 e. The highest BCUT2D eigenvalue weighted by Crippen LogP contribution is 2.45. The Bertz CT molecular complexity index is 1820. The summed E-state index contributed by atoms with van der Waals surface area (Å²) in [6.07, 6.45) is 7.98. The van der Waals surface area contributed by atoms with Crippen LogP contribution in [0, 0.1) is 11.7 Å². The van der Waals surface area contributed by atoms with Crippen LogP contribution in [0.5, 0.6) is 10.9 Å². The number of nitrogens with zero attached hydrogens (tertiary/aromatic N) is 2. The summed E-state index contributed by atoms with van der Waals surface area (Å²) in [5.74, 6) is -1.39. The number of para-hydroxylation sites is 2. The van der Waals surface area contributed by atoms with Crippen molar-refractivity contribution in [3.8, 4) is 10.9 Å². The molecule has 1 saturated carbocycles. The van der Waals surface area contributed by atoms with Crippen molar-refractivity contribution in [2.75, 3.05) is 11.9 Å². The van der Waals surface area contributed by atoms with Crippen molar-refractivity contribution >= 4 is 45.0 Å². The standard InChI is InChI=1S/C37H38FN5O5S/c38-25-13-11-14-26(20-25)39-30-18-8-3-1-2-5-12-24-22-37(24,35(46)42-48-27-15-6-4-7-16-27)41-33(44)31-21-28(23-43(31)34(30)45)47-36-40-29-17-9-10-19-32(29)49-36/h4-7,9-17,19-20,24,28,30-31,39H,1-3,8,18,21-23H2,(H,41,44)(H,42,46)/b12-5-/t24-,28-,30+,31+,37-/m1/s1. The van der Waals surface area contributed by atoms with Crippen molar-refractivity contribution < 1.29 is 28.3 Å². The molecule has 3 aliphatic rings. The lowest BCUT2D eigenvalue weighted by Gasteiger charge is -2.30. The Morgan fingerprint density at radius 1 is 1.02 bits per heavy atom. The summed E-state index contributed by atoms with van der Waals surface area (Å²) in [4.78, 5) is 54.1. The average molecular weight is 684 g/mol. The summed E-state index contributed by atoms with van der Waals surface area (Å²) in [6, 6.07) is 21.0. The van der Waals surface area contributed by atoms with Crippen LogP contribution in [-0.2, 0) is 14.4 Å². The molecule has 5 atom stereocenters. The molecule has 3 N–H and O–H groups in total. The molecule has 0 unspecified atom stereocenters. The second kappa shape index (κ2) is 14.3. The third kappa shape index (κ3) is 7.39. The van der Waals surface area contributed by atoms with Gasteiger partial charge in [0.25, 0.3) is 11.1 Å². The molecule has 1 aromatic heterocycles. The van der Waals surface area contributed by atoms with Gasteiger partial charge in [0.05, 0.1) is 16.8 Å². The maximum absolute atomic E-state index is 14.4. The van der Waals surface area contributed by atoms with Crippen molar-refractivity contribution in [3.63, 3.8) is 0 Å². The topological polar surface area (TPSA) is 122 Å². The lowest BCUT2D eigenvalue weighted by molar-refractivity contribution is -0.141. The highest BCUT2D eigenvalue weighted by atomic mass is 32.1. The number of hydroxylamine groups is 1. The van der Waals surface area contributed by atoms with Gasteiger partial charge in [-0.3, -0.25) is 14.4 Å². The molecule has 1 aliphatic carbocycles. The zero-order valence-electron chi connectivity index (χ0n) is 26.8. The molecule has 3 aromatic carbocycles. The number of hydrogen-bond acceptors (Lipinski definition) is 8. The van der Waals surface area contributed by atoms with Gasteiger partial charge in [-0.05, 0) is 68.1 Å². The van der Waals surface area contributed by atoms with Crippen LogP contribution in [0.1, 0.15) is 44.9 Å². The summed E-state index contributed by atoms with van der Waals surface area (Å²) in [6.45, 7) is 0.147. The monoisotopic (exact) mass is 683 g/mol. The molecule has 0 spiro atoms. The molecule has 12 heteroatoms. The number of carbonyl (C=O) groups is 3. The molecular weight excluding hydrogens is 646 g/mol. The quantitative estimate of drug-likeness (QED) is 0.167. The zero-order chi connectivity index (χ0) is 33.8. The van der Waals surface area contributed by atoms with E-state index in [0.29, 0.717) is 29.5 Å². The van der Waals surface area contributed by atoms with E-state index in [1.54, 1.807) is 41.3 Å². The SMILES string of the molecule is O=C1N[C@]2(C(=O)NOc3ccccc3)C[C@H]2/C=C\CCCCC[C@H](Nc2cccc(F)c2)C(=O)N2C[C@H](Oc3nc4ccccc4s3)C[C@@H]12. The van der Waals surface area contributed by atoms with Gasteiger partial charge >= 0.3 is 0 Å². The van der Waals surface area contributed by atoms with Gasteiger partial charge in [-0.25, -0.2) is 9.37 Å². The summed E-state index contributed by atoms with van der Waals surface area (Å²) in [5.41, 5.74) is 2.59. The van der Waals surface area contributed by atoms with Gasteiger partial charge < -0.3 is 25.1 Å². The first kappa shape index (κ1) is 32.6. The fraction of sp³-hybridized carbons (Fsp3) is 0.351. The van der Waals surface area contributed by atoms with E-state index < -0.39 is 41.4 Å². The van der Waals surface area contributed by atoms with Gasteiger partial charge in [0, 0.05) is 18.0 Å². The number of halogens is 1. The number of hydrogen-bond donors (Lipinski definition) is 3. The third-order valence-corrected chi connectivity index (χ3v) is 10.3. The van der Waals surface area contributed by atoms with Crippen LogP contribution in [0.4, 0.5) is 10.1 Å². The van der Waals surface area contributed by atoms with Crippen LogP contribution >= 0.6 is 11.3 Å². The Morgan fingerprint density at radius 3 is 2.69 bits per heavy atom. The van der Waals surface area contributed by atoms with Gasteiger partial charge in [0.15, 0.2) is 5.75 Å². The number of rotatable bonds is 7. The number of anilines is 1. The van der Waals surface area contributed by atoms with E-state index in [2.05, 4.69) is 27.2 Å². The molecule has 3 amide bonds. The molecule has 254 valence electrons. The van der Waals surface area contributed by atoms with Crippen LogP contribution in [0.15, 0.2) is 91.0 Å². The number of benzene rings is 3. The van der Waals surface area contributed by atoms with Crippen molar-refractivity contribution in [3.05, 3.63) is 96.8 Å². The number of ether oxygens (including phenoxy) is 1. The largest absolute Gasteiger partial charge is 0.465 e. The third-order valence-electron chi connectivity index (χ3n) is 9.36. The number of fused-ring (bicyclic) bond motifs is 3. The van der Waals surface area contributed by atoms with Crippen LogP contribution in [-0.4, -0.2) is 57.9 Å². The van der Waals surface area contributed by atoms with Gasteiger partial charge in [-0.15, -0.1) is 0 Å². The maximum Gasteiger partial charge on any atom is 0.278 e. The Hall–Kier alpha value is -4.97. The molecule has 7 rings (SSSR count). The van der Waals surface area contributed by atoms with Crippen LogP contribution in [0.25, 0.3) is 10.2 Å². The number of carbonyl (C=O) groups excluding carboxylic acids is 3. The van der Waals surface area contributed by atoms with Crippen molar-refractivity contribution in [1.82, 2.24) is 20.7 Å². The Kier molecular flexibility index (Phi) is 9.47. The first-order chi connectivity index (χ1) is 23.9. The highest BCUT2D eigenvalue weighted by Gasteiger charge is 2.61. The predicted octanol–water partition coefficient (Wildman–Crippen LogP) is 5.77. The van der Waals surface area contributed by atoms with Gasteiger partial charge in [-0.2, -0.15) is 5.48 Å². The molecule has 0 bridgehead atoms. The van der Waals surface area contributed by atoms with Crippen molar-refractivity contribution in [1.29, 1.82) is 0 Å². The number of thiazole rings is 1. The highest BCUT2D eigenvalue weighted by molar-refractivity contribution is 7.20. The summed E-state index contributed by atoms with van der Waals surface area (Å²) < 4.78 is 21.4. The second-order valence-electron chi connectivity index (χ2n) is 12.8. The fourth-order valence-corrected chi connectivity index (χ4v) is 7.55. The number of amides is 3. The van der Waals surface area contributed by atoms with Crippen molar-refractivity contribution in [2.24, 2.45) is 5.92 Å². The summed E-state index contributed by atoms with van der Waals surface area (Å²) >= 11 is 1.40. The summed E-state index contributed by atoms with van der Waals surface area (Å²) in [7, 11) is 0.